The van der Waals surface area contributed by atoms with E-state index in [1.807, 2.05) is 0 Å². The number of hydrogen-bond donors (Lipinski definition) is 3. The minimum atomic E-state index is -1.17. The SMILES string of the molecule is O=c1[nH]c(=O)n(CC(O)CO)cc1F. The lowest BCUT2D eigenvalue weighted by Crippen LogP contribution is -2.35. The Kier molecular flexibility index (Phi) is 3.15. The highest BCUT2D eigenvalue weighted by molar-refractivity contribution is 4.87. The van der Waals surface area contributed by atoms with Gasteiger partial charge in [0.15, 0.2) is 0 Å². The van der Waals surface area contributed by atoms with Crippen LogP contribution < -0.4 is 11.2 Å². The van der Waals surface area contributed by atoms with Crippen LogP contribution >= 0.6 is 0 Å². The molecule has 1 aromatic rings. The molecule has 0 amide bonds. The number of hydrogen-bond acceptors (Lipinski definition) is 4. The summed E-state index contributed by atoms with van der Waals surface area (Å²) in [7, 11) is 0. The van der Waals surface area contributed by atoms with Gasteiger partial charge in [-0.05, 0) is 0 Å². The molecule has 78 valence electrons. The van der Waals surface area contributed by atoms with Gasteiger partial charge in [0.1, 0.15) is 0 Å². The van der Waals surface area contributed by atoms with Crippen LogP contribution in [-0.2, 0) is 6.54 Å². The lowest BCUT2D eigenvalue weighted by Gasteiger charge is -2.08. The highest BCUT2D eigenvalue weighted by Crippen LogP contribution is 1.88. The van der Waals surface area contributed by atoms with Gasteiger partial charge in [0, 0.05) is 0 Å². The minimum absolute atomic E-state index is 0.275. The molecule has 0 radical (unpaired) electrons. The first-order valence-corrected chi connectivity index (χ1v) is 3.82. The predicted molar refractivity (Wildman–Crippen MR) is 44.4 cm³/mol. The first kappa shape index (κ1) is 10.6. The maximum Gasteiger partial charge on any atom is 0.328 e. The lowest BCUT2D eigenvalue weighted by atomic mass is 10.4. The number of aliphatic hydroxyl groups excluding tert-OH is 2. The average Bonchev–Trinajstić information content (AvgIpc) is 2.14. The summed E-state index contributed by atoms with van der Waals surface area (Å²) in [5, 5.41) is 17.5. The molecule has 0 aliphatic heterocycles. The molecule has 1 unspecified atom stereocenters. The number of H-pyrrole nitrogens is 1. The molecule has 0 bridgehead atoms. The van der Waals surface area contributed by atoms with Gasteiger partial charge in [-0.15, -0.1) is 0 Å². The predicted octanol–water partition coefficient (Wildman–Crippen LogP) is -1.97. The molecule has 0 aliphatic carbocycles. The topological polar surface area (TPSA) is 95.3 Å². The van der Waals surface area contributed by atoms with Crippen molar-refractivity contribution in [2.24, 2.45) is 0 Å². The van der Waals surface area contributed by atoms with Crippen molar-refractivity contribution in [1.29, 1.82) is 0 Å². The van der Waals surface area contributed by atoms with Crippen LogP contribution in [0.5, 0.6) is 0 Å². The zero-order valence-electron chi connectivity index (χ0n) is 7.11. The van der Waals surface area contributed by atoms with Gasteiger partial charge < -0.3 is 10.2 Å². The molecule has 1 heterocycles. The van der Waals surface area contributed by atoms with Gasteiger partial charge in [0.25, 0.3) is 5.56 Å². The number of nitrogens with one attached hydrogen (secondary N) is 1. The van der Waals surface area contributed by atoms with Gasteiger partial charge in [-0.2, -0.15) is 4.39 Å². The van der Waals surface area contributed by atoms with Crippen LogP contribution in [0.3, 0.4) is 0 Å². The fourth-order valence-electron chi connectivity index (χ4n) is 0.903. The van der Waals surface area contributed by atoms with Crippen LogP contribution in [0.2, 0.25) is 0 Å². The van der Waals surface area contributed by atoms with Crippen LogP contribution in [0.25, 0.3) is 0 Å². The molecule has 3 N–H and O–H groups in total. The van der Waals surface area contributed by atoms with Crippen LogP contribution in [0.4, 0.5) is 4.39 Å². The Morgan fingerprint density at radius 3 is 2.79 bits per heavy atom. The molecule has 1 aromatic heterocycles. The molecular formula is C7H9FN2O4. The first-order valence-electron chi connectivity index (χ1n) is 3.82. The van der Waals surface area contributed by atoms with Crippen molar-refractivity contribution in [3.05, 3.63) is 32.9 Å². The summed E-state index contributed by atoms with van der Waals surface area (Å²) in [6.45, 7) is -0.823. The van der Waals surface area contributed by atoms with E-state index in [1.165, 1.54) is 0 Å². The molecule has 0 saturated carbocycles. The highest BCUT2D eigenvalue weighted by Gasteiger charge is 2.07. The number of aliphatic hydroxyl groups is 2. The third-order valence-electron chi connectivity index (χ3n) is 1.59. The smallest absolute Gasteiger partial charge is 0.328 e. The third kappa shape index (κ3) is 2.27. The van der Waals surface area contributed by atoms with Crippen LogP contribution in [0.15, 0.2) is 15.8 Å². The van der Waals surface area contributed by atoms with E-state index < -0.39 is 29.8 Å². The summed E-state index contributed by atoms with van der Waals surface area (Å²) in [6, 6.07) is 0. The van der Waals surface area contributed by atoms with Crippen molar-refractivity contribution in [2.45, 2.75) is 12.6 Å². The van der Waals surface area contributed by atoms with E-state index in [2.05, 4.69) is 0 Å². The van der Waals surface area contributed by atoms with E-state index in [1.54, 1.807) is 4.98 Å². The Morgan fingerprint density at radius 2 is 2.21 bits per heavy atom. The standard InChI is InChI=1S/C7H9FN2O4/c8-5-2-10(1-4(12)3-11)7(14)9-6(5)13/h2,4,11-12H,1,3H2,(H,9,13,14). The van der Waals surface area contributed by atoms with Gasteiger partial charge in [0.2, 0.25) is 5.82 Å². The normalized spacial score (nSPS) is 12.8. The second kappa shape index (κ2) is 4.16. The van der Waals surface area contributed by atoms with Crippen molar-refractivity contribution >= 4 is 0 Å². The van der Waals surface area contributed by atoms with Crippen molar-refractivity contribution in [3.63, 3.8) is 0 Å². The highest BCUT2D eigenvalue weighted by atomic mass is 19.1. The number of aromatic amines is 1. The van der Waals surface area contributed by atoms with Crippen molar-refractivity contribution in [2.75, 3.05) is 6.61 Å². The van der Waals surface area contributed by atoms with Gasteiger partial charge >= 0.3 is 5.69 Å². The van der Waals surface area contributed by atoms with Gasteiger partial charge in [0.05, 0.1) is 25.5 Å². The first-order chi connectivity index (χ1) is 6.54. The number of halogens is 1. The maximum atomic E-state index is 12.7. The molecule has 0 spiro atoms. The number of aromatic nitrogens is 2. The Morgan fingerprint density at radius 1 is 1.57 bits per heavy atom. The van der Waals surface area contributed by atoms with Crippen LogP contribution in [0, 0.1) is 5.82 Å². The van der Waals surface area contributed by atoms with Gasteiger partial charge in [-0.1, -0.05) is 0 Å². The summed E-state index contributed by atoms with van der Waals surface area (Å²) < 4.78 is 13.4. The van der Waals surface area contributed by atoms with E-state index in [9.17, 15) is 14.0 Å². The zero-order valence-corrected chi connectivity index (χ0v) is 7.11. The Hall–Kier alpha value is -1.47. The number of nitrogens with zero attached hydrogens (tertiary/aromatic N) is 1. The average molecular weight is 204 g/mol. The fourth-order valence-corrected chi connectivity index (χ4v) is 0.903. The van der Waals surface area contributed by atoms with Crippen molar-refractivity contribution in [3.8, 4) is 0 Å². The maximum absolute atomic E-state index is 12.7. The van der Waals surface area contributed by atoms with E-state index in [0.717, 1.165) is 4.57 Å². The molecule has 1 atom stereocenters. The van der Waals surface area contributed by atoms with E-state index in [0.29, 0.717) is 6.20 Å². The zero-order chi connectivity index (χ0) is 10.7. The Bertz CT molecular complexity index is 424. The molecule has 0 fully saturated rings. The summed E-state index contributed by atoms with van der Waals surface area (Å²) >= 11 is 0. The van der Waals surface area contributed by atoms with Gasteiger partial charge in [-0.3, -0.25) is 14.3 Å². The monoisotopic (exact) mass is 204 g/mol. The summed E-state index contributed by atoms with van der Waals surface area (Å²) in [6.07, 6.45) is -0.488. The second-order valence-corrected chi connectivity index (χ2v) is 2.73. The van der Waals surface area contributed by atoms with E-state index in [4.69, 9.17) is 10.2 Å². The summed E-state index contributed by atoms with van der Waals surface area (Å²) in [5.74, 6) is -1.12. The summed E-state index contributed by atoms with van der Waals surface area (Å²) in [5.41, 5.74) is -1.94. The Balaban J connectivity index is 3.04. The van der Waals surface area contributed by atoms with Gasteiger partial charge in [-0.25, -0.2) is 4.79 Å². The van der Waals surface area contributed by atoms with E-state index >= 15 is 0 Å². The number of rotatable bonds is 3. The summed E-state index contributed by atoms with van der Waals surface area (Å²) in [4.78, 5) is 23.3. The molecule has 7 heteroatoms. The largest absolute Gasteiger partial charge is 0.394 e. The molecule has 6 nitrogen and oxygen atoms in total. The van der Waals surface area contributed by atoms with Crippen molar-refractivity contribution in [1.82, 2.24) is 9.55 Å². The minimum Gasteiger partial charge on any atom is -0.394 e. The molecule has 0 aromatic carbocycles. The van der Waals surface area contributed by atoms with Crippen molar-refractivity contribution < 1.29 is 14.6 Å². The molecule has 0 saturated heterocycles. The molecule has 0 aliphatic rings. The fraction of sp³-hybridized carbons (Fsp3) is 0.429. The molecule has 14 heavy (non-hydrogen) atoms. The van der Waals surface area contributed by atoms with E-state index in [-0.39, 0.29) is 6.54 Å². The third-order valence-corrected chi connectivity index (χ3v) is 1.59. The quantitative estimate of drug-likeness (QED) is 0.532. The second-order valence-electron chi connectivity index (χ2n) is 2.73. The Labute approximate surface area is 77.3 Å². The van der Waals surface area contributed by atoms with Crippen LogP contribution in [0.1, 0.15) is 0 Å². The molecular weight excluding hydrogens is 195 g/mol. The molecule has 1 rings (SSSR count). The lowest BCUT2D eigenvalue weighted by molar-refractivity contribution is 0.0797. The van der Waals surface area contributed by atoms with Crippen LogP contribution in [-0.4, -0.2) is 32.5 Å².